The molecular formula is C19H21NO3S. The number of amides is 1. The maximum Gasteiger partial charge on any atom is 0.303 e. The summed E-state index contributed by atoms with van der Waals surface area (Å²) in [5.74, 6) is -0.443. The Morgan fingerprint density at radius 1 is 1.17 bits per heavy atom. The van der Waals surface area contributed by atoms with Crippen molar-refractivity contribution in [3.63, 3.8) is 0 Å². The van der Waals surface area contributed by atoms with Gasteiger partial charge in [-0.15, -0.1) is 11.3 Å². The summed E-state index contributed by atoms with van der Waals surface area (Å²) in [7, 11) is 0. The van der Waals surface area contributed by atoms with Crippen molar-refractivity contribution in [2.75, 3.05) is 11.4 Å². The maximum absolute atomic E-state index is 12.8. The predicted molar refractivity (Wildman–Crippen MR) is 95.5 cm³/mol. The summed E-state index contributed by atoms with van der Waals surface area (Å²) < 4.78 is 0. The molecule has 0 saturated carbocycles. The van der Waals surface area contributed by atoms with Crippen molar-refractivity contribution in [2.24, 2.45) is 5.92 Å². The van der Waals surface area contributed by atoms with Gasteiger partial charge >= 0.3 is 5.97 Å². The van der Waals surface area contributed by atoms with Gasteiger partial charge in [0.1, 0.15) is 0 Å². The molecular weight excluding hydrogens is 322 g/mol. The van der Waals surface area contributed by atoms with E-state index in [1.165, 1.54) is 4.88 Å². The number of rotatable bonds is 6. The van der Waals surface area contributed by atoms with Crippen molar-refractivity contribution in [2.45, 2.75) is 32.1 Å². The molecule has 0 saturated heterocycles. The molecule has 0 bridgehead atoms. The zero-order chi connectivity index (χ0) is 16.9. The van der Waals surface area contributed by atoms with Crippen LogP contribution in [0.1, 0.15) is 29.7 Å². The van der Waals surface area contributed by atoms with E-state index in [9.17, 15) is 9.59 Å². The number of carbonyl (C=O) groups excluding carboxylic acids is 1. The highest BCUT2D eigenvalue weighted by atomic mass is 32.1. The Morgan fingerprint density at radius 2 is 2.00 bits per heavy atom. The lowest BCUT2D eigenvalue weighted by molar-refractivity contribution is -0.137. The fourth-order valence-corrected chi connectivity index (χ4v) is 3.96. The molecule has 1 unspecified atom stereocenters. The number of fused-ring (bicyclic) bond motifs is 1. The van der Waals surface area contributed by atoms with Crippen LogP contribution in [0.3, 0.4) is 0 Å². The first-order valence-electron chi connectivity index (χ1n) is 8.26. The number of carboxylic acid groups (broad SMARTS) is 1. The van der Waals surface area contributed by atoms with Crippen LogP contribution in [0.5, 0.6) is 0 Å². The minimum absolute atomic E-state index is 0.121. The Kier molecular flexibility index (Phi) is 5.30. The largest absolute Gasteiger partial charge is 0.481 e. The summed E-state index contributed by atoms with van der Waals surface area (Å²) in [6.45, 7) is 0.619. The van der Waals surface area contributed by atoms with Gasteiger partial charge in [-0.3, -0.25) is 9.59 Å². The SMILES string of the molecule is O=C(O)CCC1Cc2ccccc2N(C(=O)CCc2cccs2)C1. The average Bonchev–Trinajstić information content (AvgIpc) is 3.10. The second-order valence-corrected chi connectivity index (χ2v) is 7.25. The predicted octanol–water partition coefficient (Wildman–Crippen LogP) is 3.75. The average molecular weight is 343 g/mol. The Labute approximate surface area is 145 Å². The number of anilines is 1. The molecule has 1 aromatic carbocycles. The van der Waals surface area contributed by atoms with E-state index >= 15 is 0 Å². The van der Waals surface area contributed by atoms with Crippen LogP contribution in [0, 0.1) is 5.92 Å². The van der Waals surface area contributed by atoms with E-state index in [0.29, 0.717) is 19.4 Å². The Hall–Kier alpha value is -2.14. The maximum atomic E-state index is 12.8. The lowest BCUT2D eigenvalue weighted by Gasteiger charge is -2.34. The molecule has 0 fully saturated rings. The van der Waals surface area contributed by atoms with E-state index < -0.39 is 5.97 Å². The van der Waals surface area contributed by atoms with Gasteiger partial charge in [-0.2, -0.15) is 0 Å². The van der Waals surface area contributed by atoms with Crippen molar-refractivity contribution in [1.29, 1.82) is 0 Å². The minimum Gasteiger partial charge on any atom is -0.481 e. The smallest absolute Gasteiger partial charge is 0.303 e. The van der Waals surface area contributed by atoms with Crippen molar-refractivity contribution in [3.8, 4) is 0 Å². The molecule has 5 heteroatoms. The van der Waals surface area contributed by atoms with Gasteiger partial charge in [-0.1, -0.05) is 24.3 Å². The number of carboxylic acids is 1. The fourth-order valence-electron chi connectivity index (χ4n) is 3.26. The highest BCUT2D eigenvalue weighted by molar-refractivity contribution is 7.09. The van der Waals surface area contributed by atoms with Crippen LogP contribution in [0.4, 0.5) is 5.69 Å². The lowest BCUT2D eigenvalue weighted by atomic mass is 9.89. The van der Waals surface area contributed by atoms with E-state index in [0.717, 1.165) is 24.1 Å². The number of thiophene rings is 1. The van der Waals surface area contributed by atoms with Gasteiger partial charge in [0.15, 0.2) is 0 Å². The monoisotopic (exact) mass is 343 g/mol. The third kappa shape index (κ3) is 4.03. The highest BCUT2D eigenvalue weighted by Gasteiger charge is 2.28. The van der Waals surface area contributed by atoms with Gasteiger partial charge in [-0.25, -0.2) is 0 Å². The molecule has 24 heavy (non-hydrogen) atoms. The molecule has 0 aliphatic carbocycles. The van der Waals surface area contributed by atoms with Crippen LogP contribution >= 0.6 is 11.3 Å². The van der Waals surface area contributed by atoms with E-state index in [4.69, 9.17) is 5.11 Å². The summed E-state index contributed by atoms with van der Waals surface area (Å²) >= 11 is 1.67. The molecule has 0 radical (unpaired) electrons. The first-order chi connectivity index (χ1) is 11.6. The first kappa shape index (κ1) is 16.7. The van der Waals surface area contributed by atoms with Gasteiger partial charge in [0.2, 0.25) is 5.91 Å². The second-order valence-electron chi connectivity index (χ2n) is 6.21. The van der Waals surface area contributed by atoms with E-state index in [-0.39, 0.29) is 18.2 Å². The molecule has 1 N–H and O–H groups in total. The summed E-state index contributed by atoms with van der Waals surface area (Å²) in [5.41, 5.74) is 2.13. The standard InChI is InChI=1S/C19H21NO3S/c21-18(9-8-16-5-3-11-24-16)20-13-14(7-10-19(22)23)12-15-4-1-2-6-17(15)20/h1-6,11,14H,7-10,12-13H2,(H,22,23). The number of aliphatic carboxylic acids is 1. The van der Waals surface area contributed by atoms with Crippen LogP contribution in [-0.2, 0) is 22.4 Å². The number of benzene rings is 1. The quantitative estimate of drug-likeness (QED) is 0.869. The van der Waals surface area contributed by atoms with E-state index in [1.807, 2.05) is 40.6 Å². The molecule has 1 atom stereocenters. The van der Waals surface area contributed by atoms with Crippen molar-refractivity contribution in [3.05, 3.63) is 52.2 Å². The minimum atomic E-state index is -0.774. The molecule has 1 aromatic heterocycles. The van der Waals surface area contributed by atoms with Crippen LogP contribution in [0.15, 0.2) is 41.8 Å². The molecule has 3 rings (SSSR count). The van der Waals surface area contributed by atoms with Crippen LogP contribution < -0.4 is 4.90 Å². The van der Waals surface area contributed by atoms with Crippen LogP contribution in [0.25, 0.3) is 0 Å². The van der Waals surface area contributed by atoms with Gasteiger partial charge in [0.25, 0.3) is 0 Å². The zero-order valence-electron chi connectivity index (χ0n) is 13.5. The summed E-state index contributed by atoms with van der Waals surface area (Å²) in [6.07, 6.45) is 2.86. The van der Waals surface area contributed by atoms with Crippen molar-refractivity contribution >= 4 is 28.9 Å². The summed E-state index contributed by atoms with van der Waals surface area (Å²) in [6, 6.07) is 12.0. The Balaban J connectivity index is 1.71. The van der Waals surface area contributed by atoms with Crippen molar-refractivity contribution in [1.82, 2.24) is 0 Å². The molecule has 2 heterocycles. The van der Waals surface area contributed by atoms with Gasteiger partial charge in [0, 0.05) is 30.0 Å². The molecule has 4 nitrogen and oxygen atoms in total. The number of para-hydroxylation sites is 1. The number of aryl methyl sites for hydroxylation is 1. The highest BCUT2D eigenvalue weighted by Crippen LogP contribution is 2.32. The molecule has 1 amide bonds. The normalized spacial score (nSPS) is 16.7. The van der Waals surface area contributed by atoms with Crippen molar-refractivity contribution < 1.29 is 14.7 Å². The number of nitrogens with zero attached hydrogens (tertiary/aromatic N) is 1. The summed E-state index contributed by atoms with van der Waals surface area (Å²) in [4.78, 5) is 26.7. The second kappa shape index (κ2) is 7.62. The zero-order valence-corrected chi connectivity index (χ0v) is 14.3. The van der Waals surface area contributed by atoms with E-state index in [2.05, 4.69) is 6.07 Å². The van der Waals surface area contributed by atoms with E-state index in [1.54, 1.807) is 11.3 Å². The van der Waals surface area contributed by atoms with Gasteiger partial charge < -0.3 is 10.0 Å². The molecule has 126 valence electrons. The number of hydrogen-bond acceptors (Lipinski definition) is 3. The third-order valence-electron chi connectivity index (χ3n) is 4.46. The van der Waals surface area contributed by atoms with Crippen LogP contribution in [-0.4, -0.2) is 23.5 Å². The molecule has 1 aliphatic rings. The van der Waals surface area contributed by atoms with Gasteiger partial charge in [0.05, 0.1) is 0 Å². The summed E-state index contributed by atoms with van der Waals surface area (Å²) in [5, 5.41) is 11.0. The van der Waals surface area contributed by atoms with Gasteiger partial charge in [-0.05, 0) is 48.3 Å². The Morgan fingerprint density at radius 3 is 2.75 bits per heavy atom. The molecule has 1 aliphatic heterocycles. The van der Waals surface area contributed by atoms with Crippen LogP contribution in [0.2, 0.25) is 0 Å². The first-order valence-corrected chi connectivity index (χ1v) is 9.14. The topological polar surface area (TPSA) is 57.6 Å². The molecule has 0 spiro atoms. The number of hydrogen-bond donors (Lipinski definition) is 1. The third-order valence-corrected chi connectivity index (χ3v) is 5.40. The fraction of sp³-hybridized carbons (Fsp3) is 0.368. The Bertz CT molecular complexity index is 711. The molecule has 2 aromatic rings. The number of carbonyl (C=O) groups is 2. The lowest BCUT2D eigenvalue weighted by Crippen LogP contribution is -2.40.